The van der Waals surface area contributed by atoms with Gasteiger partial charge in [-0.05, 0) is 55.2 Å². The highest BCUT2D eigenvalue weighted by Gasteiger charge is 2.34. The molecule has 2 aromatic rings. The van der Waals surface area contributed by atoms with Crippen LogP contribution in [0, 0.1) is 17.8 Å². The third-order valence-corrected chi connectivity index (χ3v) is 8.89. The van der Waals surface area contributed by atoms with E-state index in [1.54, 1.807) is 18.9 Å². The smallest absolute Gasteiger partial charge is 0.416 e. The molecular weight excluding hydrogens is 611 g/mol. The number of rotatable bonds is 15. The molecule has 0 aliphatic heterocycles. The third-order valence-electron chi connectivity index (χ3n) is 7.95. The number of benzene rings is 1. The monoisotopic (exact) mass is 653 g/mol. The zero-order chi connectivity index (χ0) is 33.5. The van der Waals surface area contributed by atoms with Crippen LogP contribution in [0.1, 0.15) is 92.5 Å². The van der Waals surface area contributed by atoms with Crippen molar-refractivity contribution in [2.45, 2.75) is 90.6 Å². The first-order valence-corrected chi connectivity index (χ1v) is 15.9. The van der Waals surface area contributed by atoms with Gasteiger partial charge in [0.05, 0.1) is 18.6 Å². The Morgan fingerprint density at radius 1 is 1.09 bits per heavy atom. The molecule has 0 radical (unpaired) electrons. The largest absolute Gasteiger partial charge is 0.469 e. The van der Waals surface area contributed by atoms with Gasteiger partial charge in [0, 0.05) is 44.3 Å². The SMILES string of the molecule is COC(=O)C(C)CC(Cc1ccc(C(F)(F)F)cc1)NC(=O)c1csc(C(CC(C(C)C)N(C)C(=O)CC2CC2)OC(C)=O)n1. The first kappa shape index (κ1) is 36.0. The van der Waals surface area contributed by atoms with Crippen LogP contribution in [-0.2, 0) is 36.5 Å². The summed E-state index contributed by atoms with van der Waals surface area (Å²) in [6.07, 6.45) is -2.04. The van der Waals surface area contributed by atoms with Gasteiger partial charge in [-0.25, -0.2) is 4.98 Å². The molecule has 4 atom stereocenters. The van der Waals surface area contributed by atoms with E-state index in [-0.39, 0.29) is 36.4 Å². The van der Waals surface area contributed by atoms with Crippen molar-refractivity contribution in [3.05, 3.63) is 51.5 Å². The van der Waals surface area contributed by atoms with Crippen molar-refractivity contribution >= 4 is 35.1 Å². The first-order valence-electron chi connectivity index (χ1n) is 15.0. The summed E-state index contributed by atoms with van der Waals surface area (Å²) in [6.45, 7) is 6.90. The summed E-state index contributed by atoms with van der Waals surface area (Å²) in [7, 11) is 3.01. The van der Waals surface area contributed by atoms with E-state index in [9.17, 15) is 32.3 Å². The number of halogens is 3. The van der Waals surface area contributed by atoms with Gasteiger partial charge >= 0.3 is 18.1 Å². The Kier molecular flexibility index (Phi) is 12.5. The van der Waals surface area contributed by atoms with Gasteiger partial charge in [-0.2, -0.15) is 13.2 Å². The maximum atomic E-state index is 13.4. The van der Waals surface area contributed by atoms with E-state index in [0.29, 0.717) is 29.3 Å². The highest BCUT2D eigenvalue weighted by Crippen LogP contribution is 2.35. The average Bonchev–Trinajstić information content (AvgIpc) is 3.64. The van der Waals surface area contributed by atoms with Gasteiger partial charge in [0.1, 0.15) is 10.7 Å². The topological polar surface area (TPSA) is 115 Å². The number of amides is 2. The number of methoxy groups -OCH3 is 1. The van der Waals surface area contributed by atoms with Crippen molar-refractivity contribution in [1.29, 1.82) is 0 Å². The number of carbonyl (C=O) groups excluding carboxylic acids is 4. The Labute approximate surface area is 265 Å². The number of esters is 2. The Morgan fingerprint density at radius 3 is 2.27 bits per heavy atom. The molecule has 13 heteroatoms. The van der Waals surface area contributed by atoms with Crippen LogP contribution < -0.4 is 5.32 Å². The minimum absolute atomic E-state index is 0.0391. The number of nitrogens with zero attached hydrogens (tertiary/aromatic N) is 2. The van der Waals surface area contributed by atoms with Gasteiger partial charge in [0.15, 0.2) is 6.10 Å². The summed E-state index contributed by atoms with van der Waals surface area (Å²) in [4.78, 5) is 56.6. The van der Waals surface area contributed by atoms with Crippen LogP contribution in [-0.4, -0.2) is 59.9 Å². The first-order chi connectivity index (χ1) is 21.1. The van der Waals surface area contributed by atoms with E-state index in [1.165, 1.54) is 31.5 Å². The Balaban J connectivity index is 1.78. The van der Waals surface area contributed by atoms with Gasteiger partial charge < -0.3 is 19.7 Å². The maximum Gasteiger partial charge on any atom is 0.416 e. The van der Waals surface area contributed by atoms with Crippen LogP contribution in [0.15, 0.2) is 29.6 Å². The fourth-order valence-corrected chi connectivity index (χ4v) is 6.06. The molecule has 1 fully saturated rings. The molecule has 1 heterocycles. The van der Waals surface area contributed by atoms with Crippen LogP contribution in [0.4, 0.5) is 13.2 Å². The van der Waals surface area contributed by atoms with Gasteiger partial charge in [-0.15, -0.1) is 11.3 Å². The number of aromatic nitrogens is 1. The van der Waals surface area contributed by atoms with Crippen molar-refractivity contribution in [3.8, 4) is 0 Å². The number of hydrogen-bond acceptors (Lipinski definition) is 8. The summed E-state index contributed by atoms with van der Waals surface area (Å²) in [5.74, 6) is -1.63. The fraction of sp³-hybridized carbons (Fsp3) is 0.594. The molecule has 45 heavy (non-hydrogen) atoms. The molecular formula is C32H42F3N3O6S. The molecule has 4 unspecified atom stereocenters. The van der Waals surface area contributed by atoms with Crippen LogP contribution in [0.5, 0.6) is 0 Å². The molecule has 1 aromatic heterocycles. The van der Waals surface area contributed by atoms with Crippen LogP contribution >= 0.6 is 11.3 Å². The third kappa shape index (κ3) is 10.8. The average molecular weight is 654 g/mol. The minimum Gasteiger partial charge on any atom is -0.469 e. The van der Waals surface area contributed by atoms with Gasteiger partial charge in [-0.3, -0.25) is 19.2 Å². The standard InChI is InChI=1S/C32H42F3N3O6S/c1-18(2)26(38(5)28(40)15-22-7-8-22)16-27(44-20(4)39)30-37-25(17-45-30)29(41)36-24(13-19(3)31(42)43-6)14-21-9-11-23(12-10-21)32(33,34)35/h9-12,17-19,22,24,26-27H,7-8,13-16H2,1-6H3,(H,36,41). The molecule has 0 saturated heterocycles. The van der Waals surface area contributed by atoms with Crippen molar-refractivity contribution < 1.29 is 41.8 Å². The zero-order valence-electron chi connectivity index (χ0n) is 26.5. The number of ether oxygens (including phenoxy) is 2. The molecule has 0 spiro atoms. The number of hydrogen-bond donors (Lipinski definition) is 1. The fourth-order valence-electron chi connectivity index (χ4n) is 5.23. The second-order valence-electron chi connectivity index (χ2n) is 12.1. The van der Waals surface area contributed by atoms with E-state index >= 15 is 0 Å². The van der Waals surface area contributed by atoms with Crippen LogP contribution in [0.2, 0.25) is 0 Å². The Bertz CT molecular complexity index is 1330. The maximum absolute atomic E-state index is 13.4. The number of alkyl halides is 3. The lowest BCUT2D eigenvalue weighted by Gasteiger charge is -2.33. The lowest BCUT2D eigenvalue weighted by atomic mass is 9.95. The summed E-state index contributed by atoms with van der Waals surface area (Å²) in [5, 5.41) is 4.79. The summed E-state index contributed by atoms with van der Waals surface area (Å²) >= 11 is 1.15. The second kappa shape index (κ2) is 15.7. The Hall–Kier alpha value is -3.48. The predicted molar refractivity (Wildman–Crippen MR) is 162 cm³/mol. The molecule has 3 rings (SSSR count). The molecule has 248 valence electrons. The highest BCUT2D eigenvalue weighted by molar-refractivity contribution is 7.09. The number of nitrogens with one attached hydrogen (secondary N) is 1. The molecule has 1 saturated carbocycles. The lowest BCUT2D eigenvalue weighted by molar-refractivity contribution is -0.148. The second-order valence-corrected chi connectivity index (χ2v) is 13.0. The molecule has 1 aliphatic carbocycles. The lowest BCUT2D eigenvalue weighted by Crippen LogP contribution is -2.42. The highest BCUT2D eigenvalue weighted by atomic mass is 32.1. The summed E-state index contributed by atoms with van der Waals surface area (Å²) in [5.41, 5.74) is -0.181. The molecule has 0 bridgehead atoms. The molecule has 1 N–H and O–H groups in total. The van der Waals surface area contributed by atoms with Crippen LogP contribution in [0.3, 0.4) is 0 Å². The van der Waals surface area contributed by atoms with E-state index in [4.69, 9.17) is 9.47 Å². The van der Waals surface area contributed by atoms with Crippen LogP contribution in [0.25, 0.3) is 0 Å². The van der Waals surface area contributed by atoms with Crippen molar-refractivity contribution in [2.75, 3.05) is 14.2 Å². The van der Waals surface area contributed by atoms with E-state index in [0.717, 1.165) is 36.3 Å². The molecule has 1 aromatic carbocycles. The molecule has 9 nitrogen and oxygen atoms in total. The van der Waals surface area contributed by atoms with E-state index in [1.807, 2.05) is 13.8 Å². The number of thiazole rings is 1. The van der Waals surface area contributed by atoms with Crippen molar-refractivity contribution in [2.24, 2.45) is 17.8 Å². The summed E-state index contributed by atoms with van der Waals surface area (Å²) in [6, 6.07) is 3.76. The quantitative estimate of drug-likeness (QED) is 0.235. The summed E-state index contributed by atoms with van der Waals surface area (Å²) < 4.78 is 49.6. The van der Waals surface area contributed by atoms with E-state index < -0.39 is 47.6 Å². The van der Waals surface area contributed by atoms with Crippen molar-refractivity contribution in [3.63, 3.8) is 0 Å². The van der Waals surface area contributed by atoms with Crippen molar-refractivity contribution in [1.82, 2.24) is 15.2 Å². The predicted octanol–water partition coefficient (Wildman–Crippen LogP) is 5.98. The minimum atomic E-state index is -4.48. The number of carbonyl (C=O) groups is 4. The Morgan fingerprint density at radius 2 is 1.73 bits per heavy atom. The molecule has 1 aliphatic rings. The van der Waals surface area contributed by atoms with Gasteiger partial charge in [0.2, 0.25) is 5.91 Å². The normalized spacial score (nSPS) is 16.0. The van der Waals surface area contributed by atoms with Gasteiger partial charge in [0.25, 0.3) is 5.91 Å². The van der Waals surface area contributed by atoms with E-state index in [2.05, 4.69) is 10.3 Å². The van der Waals surface area contributed by atoms with Gasteiger partial charge in [-0.1, -0.05) is 32.9 Å². The zero-order valence-corrected chi connectivity index (χ0v) is 27.3. The molecule has 2 amide bonds.